The Balaban J connectivity index is 1.98. The Morgan fingerprint density at radius 2 is 1.89 bits per heavy atom. The second-order valence-corrected chi connectivity index (χ2v) is 9.03. The van der Waals surface area contributed by atoms with Crippen LogP contribution in [0.2, 0.25) is 0 Å². The molecule has 1 aromatic heterocycles. The lowest BCUT2D eigenvalue weighted by atomic mass is 9.72. The molecule has 1 heterocycles. The molecule has 0 saturated heterocycles. The summed E-state index contributed by atoms with van der Waals surface area (Å²) in [5.41, 5.74) is 3.77. The molecular weight excluding hydrogens is 354 g/mol. The van der Waals surface area contributed by atoms with Gasteiger partial charge in [-0.2, -0.15) is 5.10 Å². The van der Waals surface area contributed by atoms with Crippen LogP contribution in [0.1, 0.15) is 53.4 Å². The van der Waals surface area contributed by atoms with Gasteiger partial charge >= 0.3 is 0 Å². The van der Waals surface area contributed by atoms with E-state index in [4.69, 9.17) is 9.84 Å². The largest absolute Gasteiger partial charge is 0.496 e. The number of thiazole rings is 1. The van der Waals surface area contributed by atoms with Crippen molar-refractivity contribution in [3.05, 3.63) is 34.4 Å². The summed E-state index contributed by atoms with van der Waals surface area (Å²) < 4.78 is 7.60. The number of hydrogen-bond donors (Lipinski definition) is 0. The predicted molar refractivity (Wildman–Crippen MR) is 115 cm³/mol. The van der Waals surface area contributed by atoms with Crippen LogP contribution >= 0.6 is 11.3 Å². The first-order valence-electron chi connectivity index (χ1n) is 9.85. The molecule has 1 aromatic carbocycles. The molecule has 3 rings (SSSR count). The Bertz CT molecular complexity index is 860. The standard InChI is InChI=1S/C22H31N3OS/c1-6-23-21-25(24-17-13-11-16(12-14-17)22(2,3)4)19(15-27-21)18-9-7-8-10-20(18)26-5/h7-10,15-16H,6,11-14H2,1-5H3. The van der Waals surface area contributed by atoms with Gasteiger partial charge in [-0.05, 0) is 56.1 Å². The van der Waals surface area contributed by atoms with Gasteiger partial charge in [0.2, 0.25) is 4.80 Å². The third kappa shape index (κ3) is 4.52. The molecule has 0 bridgehead atoms. The molecule has 5 heteroatoms. The number of nitrogens with zero attached hydrogens (tertiary/aromatic N) is 3. The highest BCUT2D eigenvalue weighted by molar-refractivity contribution is 7.07. The number of ether oxygens (including phenoxy) is 1. The van der Waals surface area contributed by atoms with Gasteiger partial charge in [-0.25, -0.2) is 4.68 Å². The van der Waals surface area contributed by atoms with E-state index in [9.17, 15) is 0 Å². The zero-order valence-electron chi connectivity index (χ0n) is 17.2. The second kappa shape index (κ2) is 8.42. The van der Waals surface area contributed by atoms with Gasteiger partial charge in [-0.3, -0.25) is 4.99 Å². The lowest BCUT2D eigenvalue weighted by molar-refractivity contribution is 0.208. The Morgan fingerprint density at radius 3 is 2.52 bits per heavy atom. The summed E-state index contributed by atoms with van der Waals surface area (Å²) in [4.78, 5) is 5.61. The average molecular weight is 386 g/mol. The molecule has 1 saturated carbocycles. The minimum Gasteiger partial charge on any atom is -0.496 e. The fourth-order valence-electron chi connectivity index (χ4n) is 3.74. The topological polar surface area (TPSA) is 38.9 Å². The molecule has 1 aliphatic rings. The van der Waals surface area contributed by atoms with Crippen LogP contribution in [0, 0.1) is 11.3 Å². The average Bonchev–Trinajstić information content (AvgIpc) is 3.04. The highest BCUT2D eigenvalue weighted by Crippen LogP contribution is 2.37. The number of methoxy groups -OCH3 is 1. The summed E-state index contributed by atoms with van der Waals surface area (Å²) in [6.45, 7) is 9.87. The van der Waals surface area contributed by atoms with Crippen molar-refractivity contribution >= 4 is 17.0 Å². The van der Waals surface area contributed by atoms with Gasteiger partial charge in [0, 0.05) is 23.2 Å². The van der Waals surface area contributed by atoms with Crippen LogP contribution in [0.15, 0.2) is 39.7 Å². The lowest BCUT2D eigenvalue weighted by Crippen LogP contribution is -2.26. The number of rotatable bonds is 4. The molecule has 0 N–H and O–H groups in total. The zero-order valence-corrected chi connectivity index (χ0v) is 18.0. The van der Waals surface area contributed by atoms with Crippen molar-refractivity contribution < 1.29 is 4.74 Å². The second-order valence-electron chi connectivity index (χ2n) is 8.20. The maximum atomic E-state index is 5.58. The van der Waals surface area contributed by atoms with Crippen LogP contribution in [-0.2, 0) is 0 Å². The molecule has 2 aromatic rings. The molecular formula is C22H31N3OS. The molecule has 1 aliphatic carbocycles. The molecule has 0 radical (unpaired) electrons. The predicted octanol–water partition coefficient (Wildman–Crippen LogP) is 5.59. The molecule has 0 unspecified atom stereocenters. The minimum atomic E-state index is 0.381. The van der Waals surface area contributed by atoms with Gasteiger partial charge in [0.15, 0.2) is 0 Å². The number of hydrogen-bond acceptors (Lipinski definition) is 4. The van der Waals surface area contributed by atoms with Gasteiger partial charge in [0.1, 0.15) is 5.75 Å². The first-order chi connectivity index (χ1) is 12.9. The minimum absolute atomic E-state index is 0.381. The van der Waals surface area contributed by atoms with E-state index in [-0.39, 0.29) is 0 Å². The quantitative estimate of drug-likeness (QED) is 0.676. The van der Waals surface area contributed by atoms with Crippen LogP contribution < -0.4 is 9.54 Å². The van der Waals surface area contributed by atoms with Gasteiger partial charge < -0.3 is 4.74 Å². The summed E-state index contributed by atoms with van der Waals surface area (Å²) in [6.07, 6.45) is 4.58. The van der Waals surface area contributed by atoms with Crippen LogP contribution in [0.4, 0.5) is 0 Å². The van der Waals surface area contributed by atoms with E-state index in [0.717, 1.165) is 47.1 Å². The van der Waals surface area contributed by atoms with Crippen molar-refractivity contribution in [3.8, 4) is 17.0 Å². The first-order valence-corrected chi connectivity index (χ1v) is 10.7. The van der Waals surface area contributed by atoms with Gasteiger partial charge in [-0.15, -0.1) is 11.3 Å². The van der Waals surface area contributed by atoms with Crippen LogP contribution in [0.5, 0.6) is 5.75 Å². The Morgan fingerprint density at radius 1 is 1.19 bits per heavy atom. The smallest absolute Gasteiger partial charge is 0.206 e. The third-order valence-corrected chi connectivity index (χ3v) is 6.24. The lowest BCUT2D eigenvalue weighted by Gasteiger charge is -2.34. The van der Waals surface area contributed by atoms with E-state index in [2.05, 4.69) is 44.1 Å². The van der Waals surface area contributed by atoms with E-state index in [0.29, 0.717) is 5.41 Å². The molecule has 0 atom stereocenters. The number of para-hydroxylation sites is 1. The van der Waals surface area contributed by atoms with Crippen molar-refractivity contribution in [1.29, 1.82) is 0 Å². The van der Waals surface area contributed by atoms with Crippen LogP contribution in [0.25, 0.3) is 11.3 Å². The number of benzene rings is 1. The summed E-state index contributed by atoms with van der Waals surface area (Å²) in [5, 5.41) is 7.20. The Labute approximate surface area is 166 Å². The number of aromatic nitrogens is 1. The van der Waals surface area contributed by atoms with Gasteiger partial charge in [0.25, 0.3) is 0 Å². The van der Waals surface area contributed by atoms with Crippen molar-refractivity contribution in [2.24, 2.45) is 21.4 Å². The monoisotopic (exact) mass is 385 g/mol. The van der Waals surface area contributed by atoms with Gasteiger partial charge in [0.05, 0.1) is 12.8 Å². The fourth-order valence-corrected chi connectivity index (χ4v) is 4.63. The van der Waals surface area contributed by atoms with Crippen LogP contribution in [-0.4, -0.2) is 24.0 Å². The highest BCUT2D eigenvalue weighted by Gasteiger charge is 2.28. The molecule has 27 heavy (non-hydrogen) atoms. The summed E-state index contributed by atoms with van der Waals surface area (Å²) in [5.74, 6) is 1.64. The maximum Gasteiger partial charge on any atom is 0.206 e. The van der Waals surface area contributed by atoms with Crippen molar-refractivity contribution in [2.45, 2.75) is 53.4 Å². The van der Waals surface area contributed by atoms with E-state index >= 15 is 0 Å². The zero-order chi connectivity index (χ0) is 19.4. The van der Waals surface area contributed by atoms with Gasteiger partial charge in [-0.1, -0.05) is 32.9 Å². The molecule has 0 amide bonds. The molecule has 0 aliphatic heterocycles. The molecule has 0 spiro atoms. The fraction of sp³-hybridized carbons (Fsp3) is 0.545. The summed E-state index contributed by atoms with van der Waals surface area (Å²) in [7, 11) is 1.71. The van der Waals surface area contributed by atoms with E-state index in [1.54, 1.807) is 18.4 Å². The molecule has 4 nitrogen and oxygen atoms in total. The van der Waals surface area contributed by atoms with E-state index in [1.165, 1.54) is 18.6 Å². The Kier molecular flexibility index (Phi) is 6.20. The molecule has 146 valence electrons. The maximum absolute atomic E-state index is 5.58. The summed E-state index contributed by atoms with van der Waals surface area (Å²) in [6, 6.07) is 8.12. The van der Waals surface area contributed by atoms with Crippen molar-refractivity contribution in [1.82, 2.24) is 4.68 Å². The van der Waals surface area contributed by atoms with Crippen molar-refractivity contribution in [2.75, 3.05) is 13.7 Å². The van der Waals surface area contributed by atoms with E-state index < -0.39 is 0 Å². The molecule has 1 fully saturated rings. The van der Waals surface area contributed by atoms with Crippen molar-refractivity contribution in [3.63, 3.8) is 0 Å². The SMILES string of the molecule is CCN=c1scc(-c2ccccc2OC)n1N=C1CCC(C(C)(C)C)CC1. The first kappa shape index (κ1) is 19.9. The third-order valence-electron chi connectivity index (χ3n) is 5.39. The van der Waals surface area contributed by atoms with E-state index in [1.807, 2.05) is 22.9 Å². The Hall–Kier alpha value is -1.88. The van der Waals surface area contributed by atoms with Crippen LogP contribution in [0.3, 0.4) is 0 Å². The normalized spacial score (nSPS) is 18.6. The summed E-state index contributed by atoms with van der Waals surface area (Å²) >= 11 is 1.64. The highest BCUT2D eigenvalue weighted by atomic mass is 32.1.